The molecule has 0 radical (unpaired) electrons. The number of rotatable bonds is 7. The normalized spacial score (nSPS) is 34.0. The van der Waals surface area contributed by atoms with Gasteiger partial charge >= 0.3 is 0 Å². The maximum atomic E-state index is 10.0. The monoisotopic (exact) mass is 285 g/mol. The third-order valence-corrected chi connectivity index (χ3v) is 4.73. The second-order valence-electron chi connectivity index (χ2n) is 6.54. The number of aliphatic hydroxyl groups is 1. The molecule has 1 saturated carbocycles. The highest BCUT2D eigenvalue weighted by molar-refractivity contribution is 4.78. The van der Waals surface area contributed by atoms with E-state index in [0.29, 0.717) is 37.3 Å². The Morgan fingerprint density at radius 2 is 2.05 bits per heavy atom. The molecule has 1 saturated heterocycles. The summed E-state index contributed by atoms with van der Waals surface area (Å²) in [5, 5.41) is 13.4. The van der Waals surface area contributed by atoms with Crippen molar-refractivity contribution in [2.24, 2.45) is 5.92 Å². The van der Waals surface area contributed by atoms with Gasteiger partial charge in [0.1, 0.15) is 0 Å². The molecule has 0 aromatic carbocycles. The molecule has 5 unspecified atom stereocenters. The van der Waals surface area contributed by atoms with Crippen LogP contribution in [0.25, 0.3) is 0 Å². The van der Waals surface area contributed by atoms with Gasteiger partial charge in [-0.15, -0.1) is 0 Å². The van der Waals surface area contributed by atoms with Crippen molar-refractivity contribution in [1.29, 1.82) is 0 Å². The van der Waals surface area contributed by atoms with Crippen LogP contribution in [0, 0.1) is 5.92 Å². The van der Waals surface area contributed by atoms with E-state index in [-0.39, 0.29) is 0 Å². The van der Waals surface area contributed by atoms with E-state index in [1.165, 1.54) is 19.3 Å². The Labute approximate surface area is 123 Å². The van der Waals surface area contributed by atoms with Crippen LogP contribution >= 0.6 is 0 Å². The zero-order valence-corrected chi connectivity index (χ0v) is 13.0. The van der Waals surface area contributed by atoms with E-state index in [1.807, 2.05) is 0 Å². The van der Waals surface area contributed by atoms with Crippen LogP contribution in [-0.4, -0.2) is 49.2 Å². The van der Waals surface area contributed by atoms with Gasteiger partial charge in [0.25, 0.3) is 0 Å². The zero-order chi connectivity index (χ0) is 14.4. The third kappa shape index (κ3) is 4.99. The maximum Gasteiger partial charge on any atom is 0.0897 e. The number of ether oxygens (including phenoxy) is 2. The first-order valence-corrected chi connectivity index (χ1v) is 8.31. The number of aliphatic hydroxyl groups excluding tert-OH is 1. The Balaban J connectivity index is 1.58. The molecule has 1 heterocycles. The molecule has 4 nitrogen and oxygen atoms in total. The molecule has 2 rings (SSSR count). The molecule has 20 heavy (non-hydrogen) atoms. The summed E-state index contributed by atoms with van der Waals surface area (Å²) < 4.78 is 11.5. The lowest BCUT2D eigenvalue weighted by Gasteiger charge is -2.30. The van der Waals surface area contributed by atoms with E-state index in [1.54, 1.807) is 0 Å². The van der Waals surface area contributed by atoms with Crippen molar-refractivity contribution in [3.63, 3.8) is 0 Å². The zero-order valence-electron chi connectivity index (χ0n) is 13.0. The highest BCUT2D eigenvalue weighted by Gasteiger charge is 2.24. The largest absolute Gasteiger partial charge is 0.389 e. The van der Waals surface area contributed by atoms with E-state index in [4.69, 9.17) is 9.47 Å². The lowest BCUT2D eigenvalue weighted by molar-refractivity contribution is -0.0465. The summed E-state index contributed by atoms with van der Waals surface area (Å²) >= 11 is 0. The number of hydrogen-bond acceptors (Lipinski definition) is 4. The Kier molecular flexibility index (Phi) is 6.75. The topological polar surface area (TPSA) is 50.7 Å². The van der Waals surface area contributed by atoms with Crippen LogP contribution in [-0.2, 0) is 9.47 Å². The highest BCUT2D eigenvalue weighted by Crippen LogP contribution is 2.26. The summed E-state index contributed by atoms with van der Waals surface area (Å²) in [6.45, 7) is 6.30. The minimum Gasteiger partial charge on any atom is -0.389 e. The lowest BCUT2D eigenvalue weighted by atomic mass is 9.88. The van der Waals surface area contributed by atoms with Crippen LogP contribution in [0.4, 0.5) is 0 Å². The lowest BCUT2D eigenvalue weighted by Crippen LogP contribution is -2.42. The van der Waals surface area contributed by atoms with Gasteiger partial charge in [-0.1, -0.05) is 19.8 Å². The molecule has 0 aromatic rings. The van der Waals surface area contributed by atoms with Crippen LogP contribution in [0.3, 0.4) is 0 Å². The SMILES string of the molecule is CC1CCCCC1OCC(O)CNC(C)C1CCCO1. The molecule has 0 spiro atoms. The average Bonchev–Trinajstić information content (AvgIpc) is 2.98. The fourth-order valence-electron chi connectivity index (χ4n) is 3.27. The summed E-state index contributed by atoms with van der Waals surface area (Å²) in [5.41, 5.74) is 0. The molecule has 4 heteroatoms. The standard InChI is InChI=1S/C16H31NO3/c1-12-6-3-4-7-15(12)20-11-14(18)10-17-13(2)16-8-5-9-19-16/h12-18H,3-11H2,1-2H3. The first-order valence-electron chi connectivity index (χ1n) is 8.31. The predicted octanol–water partition coefficient (Wildman–Crippen LogP) is 2.10. The molecule has 2 aliphatic rings. The van der Waals surface area contributed by atoms with Crippen LogP contribution < -0.4 is 5.32 Å². The van der Waals surface area contributed by atoms with Crippen LogP contribution in [0.5, 0.6) is 0 Å². The van der Waals surface area contributed by atoms with Gasteiger partial charge in [0, 0.05) is 19.2 Å². The van der Waals surface area contributed by atoms with E-state index >= 15 is 0 Å². The quantitative estimate of drug-likeness (QED) is 0.752. The van der Waals surface area contributed by atoms with Crippen LogP contribution in [0.1, 0.15) is 52.4 Å². The Hall–Kier alpha value is -0.160. The predicted molar refractivity (Wildman–Crippen MR) is 79.8 cm³/mol. The minimum atomic E-state index is -0.423. The molecule has 1 aliphatic carbocycles. The van der Waals surface area contributed by atoms with Gasteiger partial charge in [0.05, 0.1) is 24.9 Å². The summed E-state index contributed by atoms with van der Waals surface area (Å²) in [5.74, 6) is 0.634. The summed E-state index contributed by atoms with van der Waals surface area (Å²) in [6.07, 6.45) is 7.50. The summed E-state index contributed by atoms with van der Waals surface area (Å²) in [6, 6.07) is 0.306. The molecule has 2 fully saturated rings. The molecule has 2 N–H and O–H groups in total. The van der Waals surface area contributed by atoms with Crippen molar-refractivity contribution in [2.75, 3.05) is 19.8 Å². The molecule has 1 aliphatic heterocycles. The Morgan fingerprint density at radius 1 is 1.25 bits per heavy atom. The smallest absolute Gasteiger partial charge is 0.0897 e. The molecule has 5 atom stereocenters. The van der Waals surface area contributed by atoms with Gasteiger partial charge in [-0.25, -0.2) is 0 Å². The second-order valence-corrected chi connectivity index (χ2v) is 6.54. The van der Waals surface area contributed by atoms with Crippen molar-refractivity contribution in [3.8, 4) is 0 Å². The molecule has 0 aromatic heterocycles. The van der Waals surface area contributed by atoms with Gasteiger partial charge in [-0.05, 0) is 38.5 Å². The first kappa shape index (κ1) is 16.2. The van der Waals surface area contributed by atoms with E-state index < -0.39 is 6.10 Å². The van der Waals surface area contributed by atoms with E-state index in [2.05, 4.69) is 19.2 Å². The summed E-state index contributed by atoms with van der Waals surface area (Å²) in [4.78, 5) is 0. The summed E-state index contributed by atoms with van der Waals surface area (Å²) in [7, 11) is 0. The van der Waals surface area contributed by atoms with Gasteiger partial charge < -0.3 is 19.9 Å². The molecule has 118 valence electrons. The second kappa shape index (κ2) is 8.32. The Bertz CT molecular complexity index is 268. The number of hydrogen-bond donors (Lipinski definition) is 2. The number of nitrogens with one attached hydrogen (secondary N) is 1. The van der Waals surface area contributed by atoms with Gasteiger partial charge in [0.2, 0.25) is 0 Å². The van der Waals surface area contributed by atoms with Crippen molar-refractivity contribution < 1.29 is 14.6 Å². The molecular weight excluding hydrogens is 254 g/mol. The van der Waals surface area contributed by atoms with E-state index in [0.717, 1.165) is 25.9 Å². The third-order valence-electron chi connectivity index (χ3n) is 4.73. The maximum absolute atomic E-state index is 10.0. The van der Waals surface area contributed by atoms with Crippen LogP contribution in [0.2, 0.25) is 0 Å². The molecule has 0 bridgehead atoms. The van der Waals surface area contributed by atoms with Crippen molar-refractivity contribution in [3.05, 3.63) is 0 Å². The highest BCUT2D eigenvalue weighted by atomic mass is 16.5. The molecule has 0 amide bonds. The average molecular weight is 285 g/mol. The minimum absolute atomic E-state index is 0.306. The molecular formula is C16H31NO3. The fraction of sp³-hybridized carbons (Fsp3) is 1.00. The fourth-order valence-corrected chi connectivity index (χ4v) is 3.27. The Morgan fingerprint density at radius 3 is 2.75 bits per heavy atom. The van der Waals surface area contributed by atoms with Crippen molar-refractivity contribution in [1.82, 2.24) is 5.32 Å². The van der Waals surface area contributed by atoms with Crippen molar-refractivity contribution >= 4 is 0 Å². The first-order chi connectivity index (χ1) is 9.66. The van der Waals surface area contributed by atoms with Gasteiger partial charge in [-0.3, -0.25) is 0 Å². The van der Waals surface area contributed by atoms with Gasteiger partial charge in [-0.2, -0.15) is 0 Å². The van der Waals surface area contributed by atoms with Crippen molar-refractivity contribution in [2.45, 2.75) is 76.7 Å². The van der Waals surface area contributed by atoms with E-state index in [9.17, 15) is 5.11 Å². The van der Waals surface area contributed by atoms with Gasteiger partial charge in [0.15, 0.2) is 0 Å². The van der Waals surface area contributed by atoms with Crippen LogP contribution in [0.15, 0.2) is 0 Å².